The molecule has 1 atom stereocenters. The number of nitrogens with one attached hydrogen (secondary N) is 2. The minimum absolute atomic E-state index is 0.00162. The standard InChI is InChI=1S/C10H25N3O2S/c1-5-7-10(2)12-16(14,15)13(4)9-6-8-11-3/h10-12H,5-9H2,1-4H3. The highest BCUT2D eigenvalue weighted by Gasteiger charge is 2.18. The Labute approximate surface area is 99.8 Å². The molecule has 0 aliphatic rings. The van der Waals surface area contributed by atoms with Crippen LogP contribution in [-0.2, 0) is 10.2 Å². The van der Waals surface area contributed by atoms with Gasteiger partial charge in [0.15, 0.2) is 0 Å². The van der Waals surface area contributed by atoms with E-state index in [0.29, 0.717) is 6.54 Å². The first kappa shape index (κ1) is 15.8. The molecule has 0 aromatic heterocycles. The van der Waals surface area contributed by atoms with Crippen molar-refractivity contribution in [3.8, 4) is 0 Å². The first-order valence-corrected chi connectivity index (χ1v) is 7.26. The van der Waals surface area contributed by atoms with Crippen molar-refractivity contribution < 1.29 is 8.42 Å². The molecule has 1 unspecified atom stereocenters. The number of hydrogen-bond acceptors (Lipinski definition) is 3. The zero-order valence-electron chi connectivity index (χ0n) is 10.8. The molecule has 0 aromatic rings. The van der Waals surface area contributed by atoms with Gasteiger partial charge < -0.3 is 5.32 Å². The van der Waals surface area contributed by atoms with Crippen molar-refractivity contribution in [3.63, 3.8) is 0 Å². The molecule has 0 saturated carbocycles. The van der Waals surface area contributed by atoms with Crippen LogP contribution in [0.2, 0.25) is 0 Å². The molecular weight excluding hydrogens is 226 g/mol. The summed E-state index contributed by atoms with van der Waals surface area (Å²) in [5.74, 6) is 0. The van der Waals surface area contributed by atoms with Gasteiger partial charge in [-0.3, -0.25) is 0 Å². The number of rotatable bonds is 9. The molecule has 0 aliphatic heterocycles. The van der Waals surface area contributed by atoms with Crippen LogP contribution in [0.4, 0.5) is 0 Å². The van der Waals surface area contributed by atoms with E-state index in [9.17, 15) is 8.42 Å². The Morgan fingerprint density at radius 2 is 2.00 bits per heavy atom. The molecule has 0 saturated heterocycles. The van der Waals surface area contributed by atoms with Gasteiger partial charge in [-0.05, 0) is 33.4 Å². The molecule has 5 nitrogen and oxygen atoms in total. The SMILES string of the molecule is CCCC(C)NS(=O)(=O)N(C)CCCNC. The van der Waals surface area contributed by atoms with Crippen molar-refractivity contribution in [1.82, 2.24) is 14.3 Å². The van der Waals surface area contributed by atoms with Gasteiger partial charge in [-0.1, -0.05) is 13.3 Å². The molecule has 0 rings (SSSR count). The summed E-state index contributed by atoms with van der Waals surface area (Å²) in [5.41, 5.74) is 0. The van der Waals surface area contributed by atoms with Gasteiger partial charge in [-0.25, -0.2) is 0 Å². The van der Waals surface area contributed by atoms with Gasteiger partial charge >= 0.3 is 0 Å². The summed E-state index contributed by atoms with van der Waals surface area (Å²) in [4.78, 5) is 0. The second kappa shape index (κ2) is 8.00. The summed E-state index contributed by atoms with van der Waals surface area (Å²) in [6, 6.07) is 0.00162. The summed E-state index contributed by atoms with van der Waals surface area (Å²) < 4.78 is 27.6. The van der Waals surface area contributed by atoms with E-state index in [1.54, 1.807) is 7.05 Å². The Hall–Kier alpha value is -0.170. The number of nitrogens with zero attached hydrogens (tertiary/aromatic N) is 1. The second-order valence-electron chi connectivity index (χ2n) is 4.09. The zero-order valence-corrected chi connectivity index (χ0v) is 11.6. The lowest BCUT2D eigenvalue weighted by Crippen LogP contribution is -2.43. The minimum Gasteiger partial charge on any atom is -0.320 e. The van der Waals surface area contributed by atoms with Crippen molar-refractivity contribution >= 4 is 10.2 Å². The van der Waals surface area contributed by atoms with Crippen LogP contribution >= 0.6 is 0 Å². The largest absolute Gasteiger partial charge is 0.320 e. The van der Waals surface area contributed by atoms with Gasteiger partial charge in [0.2, 0.25) is 0 Å². The molecule has 16 heavy (non-hydrogen) atoms. The van der Waals surface area contributed by atoms with E-state index in [0.717, 1.165) is 25.8 Å². The van der Waals surface area contributed by atoms with Crippen molar-refractivity contribution in [2.45, 2.75) is 39.2 Å². The lowest BCUT2D eigenvalue weighted by molar-refractivity contribution is 0.436. The molecule has 0 radical (unpaired) electrons. The molecule has 0 heterocycles. The highest BCUT2D eigenvalue weighted by Crippen LogP contribution is 2.01. The van der Waals surface area contributed by atoms with Gasteiger partial charge in [-0.15, -0.1) is 0 Å². The van der Waals surface area contributed by atoms with Gasteiger partial charge in [0, 0.05) is 19.6 Å². The molecule has 0 amide bonds. The first-order chi connectivity index (χ1) is 7.44. The minimum atomic E-state index is -3.31. The number of hydrogen-bond donors (Lipinski definition) is 2. The third-order valence-electron chi connectivity index (χ3n) is 2.38. The Morgan fingerprint density at radius 3 is 2.50 bits per heavy atom. The Kier molecular flexibility index (Phi) is 7.91. The lowest BCUT2D eigenvalue weighted by atomic mass is 10.2. The lowest BCUT2D eigenvalue weighted by Gasteiger charge is -2.20. The highest BCUT2D eigenvalue weighted by atomic mass is 32.2. The van der Waals surface area contributed by atoms with E-state index in [4.69, 9.17) is 0 Å². The molecule has 0 aromatic carbocycles. The van der Waals surface area contributed by atoms with E-state index in [1.807, 2.05) is 20.9 Å². The second-order valence-corrected chi connectivity index (χ2v) is 5.90. The van der Waals surface area contributed by atoms with Gasteiger partial charge in [0.25, 0.3) is 10.2 Å². The van der Waals surface area contributed by atoms with Crippen molar-refractivity contribution in [2.75, 3.05) is 27.2 Å². The molecule has 0 bridgehead atoms. The quantitative estimate of drug-likeness (QED) is 0.588. The van der Waals surface area contributed by atoms with Crippen molar-refractivity contribution in [2.24, 2.45) is 0 Å². The summed E-state index contributed by atoms with van der Waals surface area (Å²) in [6.45, 7) is 5.29. The van der Waals surface area contributed by atoms with Crippen LogP contribution in [0, 0.1) is 0 Å². The molecule has 6 heteroatoms. The molecule has 0 spiro atoms. The Bertz CT molecular complexity index is 267. The van der Waals surface area contributed by atoms with Gasteiger partial charge in [0.05, 0.1) is 0 Å². The maximum Gasteiger partial charge on any atom is 0.279 e. The van der Waals surface area contributed by atoms with E-state index in [1.165, 1.54) is 4.31 Å². The van der Waals surface area contributed by atoms with Gasteiger partial charge in [0.1, 0.15) is 0 Å². The van der Waals surface area contributed by atoms with E-state index < -0.39 is 10.2 Å². The maximum atomic E-state index is 11.8. The van der Waals surface area contributed by atoms with Crippen molar-refractivity contribution in [1.29, 1.82) is 0 Å². The fourth-order valence-electron chi connectivity index (χ4n) is 1.43. The zero-order chi connectivity index (χ0) is 12.6. The molecular formula is C10H25N3O2S. The van der Waals surface area contributed by atoms with E-state index >= 15 is 0 Å². The Balaban J connectivity index is 4.10. The van der Waals surface area contributed by atoms with Crippen LogP contribution in [0.25, 0.3) is 0 Å². The van der Waals surface area contributed by atoms with Gasteiger partial charge in [-0.2, -0.15) is 17.4 Å². The maximum absolute atomic E-state index is 11.8. The molecule has 0 aliphatic carbocycles. The smallest absolute Gasteiger partial charge is 0.279 e. The third kappa shape index (κ3) is 6.42. The van der Waals surface area contributed by atoms with Crippen molar-refractivity contribution in [3.05, 3.63) is 0 Å². The monoisotopic (exact) mass is 251 g/mol. The van der Waals surface area contributed by atoms with Crippen LogP contribution in [0.15, 0.2) is 0 Å². The van der Waals surface area contributed by atoms with Crippen LogP contribution in [0.5, 0.6) is 0 Å². The highest BCUT2D eigenvalue weighted by molar-refractivity contribution is 7.87. The molecule has 2 N–H and O–H groups in total. The first-order valence-electron chi connectivity index (χ1n) is 5.82. The third-order valence-corrected chi connectivity index (χ3v) is 4.09. The fourth-order valence-corrected chi connectivity index (χ4v) is 2.61. The fraction of sp³-hybridized carbons (Fsp3) is 1.00. The van der Waals surface area contributed by atoms with Crippen LogP contribution < -0.4 is 10.0 Å². The summed E-state index contributed by atoms with van der Waals surface area (Å²) >= 11 is 0. The summed E-state index contributed by atoms with van der Waals surface area (Å²) in [6.07, 6.45) is 2.66. The van der Waals surface area contributed by atoms with Crippen LogP contribution in [-0.4, -0.2) is 45.9 Å². The summed E-state index contributed by atoms with van der Waals surface area (Å²) in [7, 11) is 0.158. The predicted octanol–water partition coefficient (Wildman–Crippen LogP) is 0.551. The van der Waals surface area contributed by atoms with Crippen LogP contribution in [0.3, 0.4) is 0 Å². The van der Waals surface area contributed by atoms with E-state index in [-0.39, 0.29) is 6.04 Å². The van der Waals surface area contributed by atoms with E-state index in [2.05, 4.69) is 10.0 Å². The summed E-state index contributed by atoms with van der Waals surface area (Å²) in [5, 5.41) is 2.99. The molecule has 98 valence electrons. The van der Waals surface area contributed by atoms with Crippen LogP contribution in [0.1, 0.15) is 33.1 Å². The predicted molar refractivity (Wildman–Crippen MR) is 67.6 cm³/mol. The average Bonchev–Trinajstić information content (AvgIpc) is 2.17. The molecule has 0 fully saturated rings. The Morgan fingerprint density at radius 1 is 1.38 bits per heavy atom. The normalized spacial score (nSPS) is 14.3. The topological polar surface area (TPSA) is 61.4 Å². The average molecular weight is 251 g/mol.